The van der Waals surface area contributed by atoms with Gasteiger partial charge in [-0.25, -0.2) is 0 Å². The van der Waals surface area contributed by atoms with Crippen LogP contribution in [0.2, 0.25) is 0 Å². The number of nitrogens with one attached hydrogen (secondary N) is 3. The number of nitrogens with zero attached hydrogens (tertiary/aromatic N) is 2. The Balaban J connectivity index is 3.94. The molecule has 0 aliphatic heterocycles. The van der Waals surface area contributed by atoms with Crippen LogP contribution >= 0.6 is 0 Å². The zero-order chi connectivity index (χ0) is 16.8. The number of carbonyl (C=O) groups excluding carboxylic acids is 1. The number of carbonyl (C=O) groups is 1. The van der Waals surface area contributed by atoms with Gasteiger partial charge in [-0.3, -0.25) is 9.79 Å². The van der Waals surface area contributed by atoms with Crippen molar-refractivity contribution in [3.8, 4) is 0 Å². The zero-order valence-electron chi connectivity index (χ0n) is 15.0. The highest BCUT2D eigenvalue weighted by molar-refractivity contribution is 5.86. The predicted octanol–water partition coefficient (Wildman–Crippen LogP) is 1.19. The summed E-state index contributed by atoms with van der Waals surface area (Å²) in [7, 11) is 1.72. The third kappa shape index (κ3) is 10.4. The van der Waals surface area contributed by atoms with Crippen LogP contribution in [0.5, 0.6) is 0 Å². The van der Waals surface area contributed by atoms with E-state index in [2.05, 4.69) is 46.6 Å². The molecule has 0 saturated carbocycles. The van der Waals surface area contributed by atoms with Crippen LogP contribution in [-0.4, -0.2) is 62.6 Å². The quantitative estimate of drug-likeness (QED) is 0.396. The lowest BCUT2D eigenvalue weighted by atomic mass is 10.2. The second-order valence-corrected chi connectivity index (χ2v) is 5.49. The van der Waals surface area contributed by atoms with E-state index in [1.54, 1.807) is 7.05 Å². The highest BCUT2D eigenvalue weighted by atomic mass is 16.1. The molecular formula is C16H35N5O. The number of hydrogen-bond acceptors (Lipinski definition) is 3. The van der Waals surface area contributed by atoms with Crippen LogP contribution in [0.15, 0.2) is 4.99 Å². The summed E-state index contributed by atoms with van der Waals surface area (Å²) in [5.41, 5.74) is 0. The Labute approximate surface area is 136 Å². The van der Waals surface area contributed by atoms with E-state index in [1.807, 2.05) is 6.92 Å². The lowest BCUT2D eigenvalue weighted by Gasteiger charge is -2.21. The lowest BCUT2D eigenvalue weighted by molar-refractivity contribution is -0.120. The first-order valence-corrected chi connectivity index (χ1v) is 8.53. The first-order valence-electron chi connectivity index (χ1n) is 8.53. The maximum atomic E-state index is 11.6. The van der Waals surface area contributed by atoms with E-state index in [9.17, 15) is 4.79 Å². The summed E-state index contributed by atoms with van der Waals surface area (Å²) in [6.07, 6.45) is 3.19. The molecule has 0 aliphatic rings. The molecule has 0 fully saturated rings. The predicted molar refractivity (Wildman–Crippen MR) is 94.3 cm³/mol. The van der Waals surface area contributed by atoms with Crippen molar-refractivity contribution in [2.75, 3.05) is 39.8 Å². The molecule has 0 rings (SSSR count). The third-order valence-corrected chi connectivity index (χ3v) is 3.60. The zero-order valence-corrected chi connectivity index (χ0v) is 15.0. The summed E-state index contributed by atoms with van der Waals surface area (Å²) in [6, 6.07) is 0.334. The second kappa shape index (κ2) is 13.4. The minimum Gasteiger partial charge on any atom is -0.355 e. The third-order valence-electron chi connectivity index (χ3n) is 3.60. The van der Waals surface area contributed by atoms with Crippen molar-refractivity contribution >= 4 is 11.9 Å². The molecule has 130 valence electrons. The first-order chi connectivity index (χ1) is 10.6. The van der Waals surface area contributed by atoms with E-state index in [4.69, 9.17) is 0 Å². The van der Waals surface area contributed by atoms with E-state index in [0.29, 0.717) is 18.5 Å². The van der Waals surface area contributed by atoms with Crippen molar-refractivity contribution < 1.29 is 4.79 Å². The van der Waals surface area contributed by atoms with Gasteiger partial charge in [0.25, 0.3) is 0 Å². The molecule has 3 N–H and O–H groups in total. The molecule has 6 nitrogen and oxygen atoms in total. The van der Waals surface area contributed by atoms with Gasteiger partial charge in [-0.2, -0.15) is 0 Å². The number of hydrogen-bond donors (Lipinski definition) is 3. The van der Waals surface area contributed by atoms with Gasteiger partial charge in [-0.05, 0) is 45.8 Å². The smallest absolute Gasteiger partial charge is 0.239 e. The molecule has 0 saturated heterocycles. The van der Waals surface area contributed by atoms with Gasteiger partial charge in [0.05, 0.1) is 6.54 Å². The van der Waals surface area contributed by atoms with Crippen LogP contribution in [-0.2, 0) is 4.79 Å². The Kier molecular flexibility index (Phi) is 12.6. The number of aliphatic imine (C=N–C) groups is 1. The topological polar surface area (TPSA) is 68.8 Å². The summed E-state index contributed by atoms with van der Waals surface area (Å²) in [4.78, 5) is 18.1. The molecular weight excluding hydrogens is 278 g/mol. The van der Waals surface area contributed by atoms with Crippen molar-refractivity contribution in [2.24, 2.45) is 4.99 Å². The monoisotopic (exact) mass is 313 g/mol. The standard InChI is InChI=1S/C16H35N5O/c1-6-11-18-15(22)13-19-16(17-5)20-14(4)10-9-12-21(7-2)8-3/h14H,6-13H2,1-5H3,(H,18,22)(H2,17,19,20). The fourth-order valence-electron chi connectivity index (χ4n) is 2.15. The highest BCUT2D eigenvalue weighted by Gasteiger charge is 2.07. The van der Waals surface area contributed by atoms with Gasteiger partial charge in [0.2, 0.25) is 5.91 Å². The Hall–Kier alpha value is -1.30. The molecule has 0 aliphatic carbocycles. The van der Waals surface area contributed by atoms with Crippen LogP contribution < -0.4 is 16.0 Å². The highest BCUT2D eigenvalue weighted by Crippen LogP contribution is 1.99. The van der Waals surface area contributed by atoms with Crippen molar-refractivity contribution in [3.63, 3.8) is 0 Å². The van der Waals surface area contributed by atoms with Crippen LogP contribution in [0.4, 0.5) is 0 Å². The summed E-state index contributed by atoms with van der Waals surface area (Å²) in [5, 5.41) is 9.21. The lowest BCUT2D eigenvalue weighted by Crippen LogP contribution is -2.46. The maximum Gasteiger partial charge on any atom is 0.239 e. The molecule has 0 radical (unpaired) electrons. The Morgan fingerprint density at radius 1 is 1.18 bits per heavy atom. The SMILES string of the molecule is CCCNC(=O)CNC(=NC)NC(C)CCCN(CC)CC. The Bertz CT molecular complexity index is 316. The van der Waals surface area contributed by atoms with E-state index in [0.717, 1.165) is 38.9 Å². The molecule has 1 atom stereocenters. The number of rotatable bonds is 11. The van der Waals surface area contributed by atoms with Crippen LogP contribution in [0.3, 0.4) is 0 Å². The molecule has 0 bridgehead atoms. The Morgan fingerprint density at radius 3 is 2.41 bits per heavy atom. The average Bonchev–Trinajstić information content (AvgIpc) is 2.53. The summed E-state index contributed by atoms with van der Waals surface area (Å²) < 4.78 is 0. The number of amides is 1. The maximum absolute atomic E-state index is 11.6. The molecule has 1 amide bonds. The minimum atomic E-state index is -0.000938. The molecule has 0 aromatic carbocycles. The van der Waals surface area contributed by atoms with Crippen molar-refractivity contribution in [3.05, 3.63) is 0 Å². The van der Waals surface area contributed by atoms with Gasteiger partial charge in [-0.1, -0.05) is 20.8 Å². The number of guanidine groups is 1. The van der Waals surface area contributed by atoms with Crippen molar-refractivity contribution in [1.82, 2.24) is 20.9 Å². The molecule has 0 heterocycles. The molecule has 1 unspecified atom stereocenters. The van der Waals surface area contributed by atoms with Crippen molar-refractivity contribution in [1.29, 1.82) is 0 Å². The van der Waals surface area contributed by atoms with E-state index in [1.165, 1.54) is 0 Å². The average molecular weight is 313 g/mol. The summed E-state index contributed by atoms with van der Waals surface area (Å²) in [5.74, 6) is 0.681. The summed E-state index contributed by atoms with van der Waals surface area (Å²) >= 11 is 0. The van der Waals surface area contributed by atoms with E-state index < -0.39 is 0 Å². The molecule has 6 heteroatoms. The van der Waals surface area contributed by atoms with Gasteiger partial charge in [0.15, 0.2) is 5.96 Å². The molecule has 0 spiro atoms. The second-order valence-electron chi connectivity index (χ2n) is 5.49. The fraction of sp³-hybridized carbons (Fsp3) is 0.875. The van der Waals surface area contributed by atoms with Gasteiger partial charge >= 0.3 is 0 Å². The summed E-state index contributed by atoms with van der Waals surface area (Å²) in [6.45, 7) is 12.9. The van der Waals surface area contributed by atoms with Gasteiger partial charge in [0, 0.05) is 19.6 Å². The van der Waals surface area contributed by atoms with Crippen LogP contribution in [0.1, 0.15) is 47.0 Å². The van der Waals surface area contributed by atoms with E-state index >= 15 is 0 Å². The van der Waals surface area contributed by atoms with Crippen LogP contribution in [0, 0.1) is 0 Å². The molecule has 0 aromatic heterocycles. The first kappa shape index (κ1) is 20.7. The minimum absolute atomic E-state index is 0.000938. The fourth-order valence-corrected chi connectivity index (χ4v) is 2.15. The van der Waals surface area contributed by atoms with Gasteiger partial charge in [0.1, 0.15) is 0 Å². The largest absolute Gasteiger partial charge is 0.355 e. The van der Waals surface area contributed by atoms with Gasteiger partial charge < -0.3 is 20.9 Å². The van der Waals surface area contributed by atoms with E-state index in [-0.39, 0.29) is 12.5 Å². The molecule has 22 heavy (non-hydrogen) atoms. The van der Waals surface area contributed by atoms with Crippen LogP contribution in [0.25, 0.3) is 0 Å². The van der Waals surface area contributed by atoms with Crippen molar-refractivity contribution in [2.45, 2.75) is 53.0 Å². The Morgan fingerprint density at radius 2 is 1.86 bits per heavy atom. The normalized spacial score (nSPS) is 13.1. The van der Waals surface area contributed by atoms with Gasteiger partial charge in [-0.15, -0.1) is 0 Å². The molecule has 0 aromatic rings.